The van der Waals surface area contributed by atoms with E-state index in [2.05, 4.69) is 60.5 Å². The first-order valence-corrected chi connectivity index (χ1v) is 11.2. The summed E-state index contributed by atoms with van der Waals surface area (Å²) in [5, 5.41) is 4.28. The lowest BCUT2D eigenvalue weighted by atomic mass is 10.2. The van der Waals surface area contributed by atoms with Crippen molar-refractivity contribution in [1.29, 1.82) is 0 Å². The van der Waals surface area contributed by atoms with Crippen molar-refractivity contribution in [3.05, 3.63) is 52.2 Å². The predicted octanol–water partition coefficient (Wildman–Crippen LogP) is 4.07. The number of aromatic nitrogens is 3. The number of anilines is 1. The second-order valence-corrected chi connectivity index (χ2v) is 8.89. The van der Waals surface area contributed by atoms with Gasteiger partial charge in [0.1, 0.15) is 23.5 Å². The number of piperazine rings is 1. The van der Waals surface area contributed by atoms with Gasteiger partial charge in [-0.05, 0) is 40.4 Å². The minimum Gasteiger partial charge on any atom is -0.352 e. The third-order valence-electron chi connectivity index (χ3n) is 5.62. The van der Waals surface area contributed by atoms with Crippen molar-refractivity contribution in [2.24, 2.45) is 0 Å². The van der Waals surface area contributed by atoms with Crippen molar-refractivity contribution in [3.63, 3.8) is 0 Å². The van der Waals surface area contributed by atoms with Crippen LogP contribution in [-0.2, 0) is 11.3 Å². The van der Waals surface area contributed by atoms with Gasteiger partial charge in [0.25, 0.3) is 0 Å². The predicted molar refractivity (Wildman–Crippen MR) is 121 cm³/mol. The molecule has 6 nitrogen and oxygen atoms in total. The highest BCUT2D eigenvalue weighted by atomic mass is 79.9. The normalized spacial score (nSPS) is 14.8. The quantitative estimate of drug-likeness (QED) is 0.453. The van der Waals surface area contributed by atoms with E-state index in [-0.39, 0.29) is 5.91 Å². The van der Waals surface area contributed by atoms with Crippen LogP contribution in [0.4, 0.5) is 5.82 Å². The Morgan fingerprint density at radius 2 is 1.90 bits per heavy atom. The lowest BCUT2D eigenvalue weighted by molar-refractivity contribution is -0.132. The number of para-hydroxylation sites is 1. The zero-order valence-corrected chi connectivity index (χ0v) is 18.4. The van der Waals surface area contributed by atoms with Crippen molar-refractivity contribution in [2.75, 3.05) is 31.1 Å². The van der Waals surface area contributed by atoms with Gasteiger partial charge in [0.05, 0.1) is 5.39 Å². The average Bonchev–Trinajstić information content (AvgIpc) is 3.33. The maximum atomic E-state index is 13.0. The van der Waals surface area contributed by atoms with Crippen LogP contribution < -0.4 is 4.90 Å². The molecule has 0 saturated carbocycles. The summed E-state index contributed by atoms with van der Waals surface area (Å²) in [7, 11) is 0. The third-order valence-corrected chi connectivity index (χ3v) is 7.44. The number of nitrogens with zero attached hydrogens (tertiary/aromatic N) is 5. The molecule has 8 heteroatoms. The Morgan fingerprint density at radius 3 is 2.72 bits per heavy atom. The summed E-state index contributed by atoms with van der Waals surface area (Å²) in [6.45, 7) is 5.38. The van der Waals surface area contributed by atoms with Crippen LogP contribution in [0.1, 0.15) is 5.69 Å². The molecule has 1 amide bonds. The molecule has 5 rings (SSSR count). The number of hydrogen-bond donors (Lipinski definition) is 0. The molecule has 0 spiro atoms. The molecule has 1 aliphatic heterocycles. The van der Waals surface area contributed by atoms with Gasteiger partial charge in [0, 0.05) is 47.2 Å². The number of halogens is 1. The summed E-state index contributed by atoms with van der Waals surface area (Å²) in [6, 6.07) is 10.3. The summed E-state index contributed by atoms with van der Waals surface area (Å²) < 4.78 is 3.17. The largest absolute Gasteiger partial charge is 0.352 e. The summed E-state index contributed by atoms with van der Waals surface area (Å²) in [4.78, 5) is 27.1. The maximum absolute atomic E-state index is 13.0. The monoisotopic (exact) mass is 469 g/mol. The Balaban J connectivity index is 1.31. The molecule has 0 N–H and O–H groups in total. The fraction of sp³-hybridized carbons (Fsp3) is 0.286. The number of carbonyl (C=O) groups excluding carboxylic acids is 1. The molecule has 29 heavy (non-hydrogen) atoms. The molecule has 148 valence electrons. The van der Waals surface area contributed by atoms with Gasteiger partial charge in [0.2, 0.25) is 5.91 Å². The van der Waals surface area contributed by atoms with Crippen molar-refractivity contribution >= 4 is 60.1 Å². The Bertz CT molecular complexity index is 1210. The van der Waals surface area contributed by atoms with Gasteiger partial charge in [-0.25, -0.2) is 9.97 Å². The number of rotatable bonds is 3. The van der Waals surface area contributed by atoms with Gasteiger partial charge in [-0.1, -0.05) is 18.2 Å². The molecule has 0 aliphatic carbocycles. The molecule has 3 aromatic heterocycles. The zero-order valence-electron chi connectivity index (χ0n) is 16.0. The Kier molecular flexibility index (Phi) is 4.75. The first-order valence-electron chi connectivity index (χ1n) is 9.58. The molecule has 1 aliphatic rings. The minimum atomic E-state index is 0.157. The van der Waals surface area contributed by atoms with Gasteiger partial charge in [0.15, 0.2) is 0 Å². The second-order valence-electron chi connectivity index (χ2n) is 7.21. The number of thiophene rings is 1. The van der Waals surface area contributed by atoms with E-state index in [4.69, 9.17) is 0 Å². The minimum absolute atomic E-state index is 0.157. The van der Waals surface area contributed by atoms with E-state index in [1.807, 2.05) is 22.4 Å². The first kappa shape index (κ1) is 18.6. The number of carbonyl (C=O) groups is 1. The van der Waals surface area contributed by atoms with Crippen LogP contribution >= 0.6 is 27.3 Å². The van der Waals surface area contributed by atoms with Crippen LogP contribution in [-0.4, -0.2) is 51.5 Å². The van der Waals surface area contributed by atoms with Gasteiger partial charge in [-0.15, -0.1) is 11.3 Å². The SMILES string of the molecule is Cc1c(Br)c2ccccc2n1CC(=O)N1CCN(c2ncnc3sccc23)CC1. The molecule has 1 fully saturated rings. The van der Waals surface area contributed by atoms with Crippen molar-refractivity contribution in [1.82, 2.24) is 19.4 Å². The zero-order chi connectivity index (χ0) is 20.0. The Morgan fingerprint density at radius 1 is 1.10 bits per heavy atom. The first-order chi connectivity index (χ1) is 14.1. The van der Waals surface area contributed by atoms with E-state index in [1.165, 1.54) is 0 Å². The highest BCUT2D eigenvalue weighted by Gasteiger charge is 2.24. The molecule has 4 aromatic rings. The van der Waals surface area contributed by atoms with E-state index in [0.29, 0.717) is 19.6 Å². The molecule has 0 unspecified atom stereocenters. The molecule has 0 atom stereocenters. The van der Waals surface area contributed by atoms with E-state index >= 15 is 0 Å². The fourth-order valence-corrected chi connectivity index (χ4v) is 5.30. The Labute approximate surface area is 180 Å². The lowest BCUT2D eigenvalue weighted by Gasteiger charge is -2.35. The highest BCUT2D eigenvalue weighted by molar-refractivity contribution is 9.10. The maximum Gasteiger partial charge on any atom is 0.242 e. The number of hydrogen-bond acceptors (Lipinski definition) is 5. The molecular formula is C21H20BrN5OS. The van der Waals surface area contributed by atoms with Crippen LogP contribution in [0.15, 0.2) is 46.5 Å². The smallest absolute Gasteiger partial charge is 0.242 e. The van der Waals surface area contributed by atoms with Crippen LogP contribution in [0.25, 0.3) is 21.1 Å². The summed E-state index contributed by atoms with van der Waals surface area (Å²) >= 11 is 5.30. The van der Waals surface area contributed by atoms with Gasteiger partial charge in [-0.2, -0.15) is 0 Å². The van der Waals surface area contributed by atoms with Crippen molar-refractivity contribution in [3.8, 4) is 0 Å². The molecule has 0 radical (unpaired) electrons. The van der Waals surface area contributed by atoms with E-state index in [9.17, 15) is 4.79 Å². The van der Waals surface area contributed by atoms with Gasteiger partial charge in [-0.3, -0.25) is 4.79 Å². The third kappa shape index (κ3) is 3.20. The van der Waals surface area contributed by atoms with E-state index in [0.717, 1.165) is 50.2 Å². The van der Waals surface area contributed by atoms with Crippen LogP contribution in [0.3, 0.4) is 0 Å². The lowest BCUT2D eigenvalue weighted by Crippen LogP contribution is -2.50. The average molecular weight is 470 g/mol. The van der Waals surface area contributed by atoms with Crippen LogP contribution in [0, 0.1) is 6.92 Å². The van der Waals surface area contributed by atoms with E-state index < -0.39 is 0 Å². The summed E-state index contributed by atoms with van der Waals surface area (Å²) in [5.41, 5.74) is 2.17. The summed E-state index contributed by atoms with van der Waals surface area (Å²) in [6.07, 6.45) is 1.63. The Hall–Kier alpha value is -2.45. The summed E-state index contributed by atoms with van der Waals surface area (Å²) in [5.74, 6) is 1.13. The highest BCUT2D eigenvalue weighted by Crippen LogP contribution is 2.31. The molecule has 4 heterocycles. The van der Waals surface area contributed by atoms with Crippen LogP contribution in [0.5, 0.6) is 0 Å². The number of amides is 1. The number of benzene rings is 1. The second kappa shape index (κ2) is 7.42. The fourth-order valence-electron chi connectivity index (χ4n) is 4.02. The van der Waals surface area contributed by atoms with E-state index in [1.54, 1.807) is 17.7 Å². The van der Waals surface area contributed by atoms with Gasteiger partial charge >= 0.3 is 0 Å². The molecule has 0 bridgehead atoms. The molecular weight excluding hydrogens is 450 g/mol. The van der Waals surface area contributed by atoms with Gasteiger partial charge < -0.3 is 14.4 Å². The topological polar surface area (TPSA) is 54.3 Å². The van der Waals surface area contributed by atoms with Crippen molar-refractivity contribution < 1.29 is 4.79 Å². The standard InChI is InChI=1S/C21H20BrN5OS/c1-14-19(22)15-4-2-3-5-17(15)27(14)12-18(28)25-7-9-26(10-8-25)20-16-6-11-29-21(16)24-13-23-20/h2-6,11,13H,7-10,12H2,1H3. The number of fused-ring (bicyclic) bond motifs is 2. The van der Waals surface area contributed by atoms with Crippen molar-refractivity contribution in [2.45, 2.75) is 13.5 Å². The molecule has 1 aromatic carbocycles. The van der Waals surface area contributed by atoms with Crippen LogP contribution in [0.2, 0.25) is 0 Å². The molecule has 1 saturated heterocycles.